The number of methoxy groups -OCH3 is 1. The number of benzene rings is 3. The van der Waals surface area contributed by atoms with Crippen LogP contribution in [0.3, 0.4) is 0 Å². The number of imidazole rings is 1. The molecule has 0 atom stereocenters. The van der Waals surface area contributed by atoms with E-state index in [0.29, 0.717) is 18.5 Å². The van der Waals surface area contributed by atoms with Gasteiger partial charge in [0.2, 0.25) is 0 Å². The van der Waals surface area contributed by atoms with E-state index in [9.17, 15) is 9.90 Å². The minimum Gasteiger partial charge on any atom is -0.478 e. The van der Waals surface area contributed by atoms with Gasteiger partial charge in [0.1, 0.15) is 5.82 Å². The summed E-state index contributed by atoms with van der Waals surface area (Å²) in [7, 11) is 1.67. The number of rotatable bonds is 8. The van der Waals surface area contributed by atoms with Gasteiger partial charge in [-0.15, -0.1) is 0 Å². The monoisotopic (exact) mass is 470 g/mol. The maximum absolute atomic E-state index is 11.5. The molecule has 35 heavy (non-hydrogen) atoms. The van der Waals surface area contributed by atoms with Crippen molar-refractivity contribution in [3.8, 4) is 5.69 Å². The van der Waals surface area contributed by atoms with Gasteiger partial charge in [-0.1, -0.05) is 36.4 Å². The minimum atomic E-state index is -0.951. The Kier molecular flexibility index (Phi) is 6.79. The standard InChI is InChI=1S/C28H30N4O3/c1-35-17-12-27-29-25-18-22(28(33)34)10-11-26(25)32(27)24-9-5-8-23(19-24)31-15-13-30(14-16-31)20-21-6-3-2-4-7-21/h2-11,18-19H,12-17,20H2,1H3,(H,33,34). The number of aromatic nitrogens is 2. The molecular weight excluding hydrogens is 440 g/mol. The summed E-state index contributed by atoms with van der Waals surface area (Å²) in [5.41, 5.74) is 5.36. The number of anilines is 1. The molecule has 0 aliphatic carbocycles. The lowest BCUT2D eigenvalue weighted by Crippen LogP contribution is -2.46. The molecule has 5 rings (SSSR count). The fourth-order valence-corrected chi connectivity index (χ4v) is 4.75. The number of carboxylic acids is 1. The molecule has 2 heterocycles. The molecule has 0 bridgehead atoms. The zero-order valence-corrected chi connectivity index (χ0v) is 19.9. The van der Waals surface area contributed by atoms with Gasteiger partial charge in [-0.3, -0.25) is 9.47 Å². The summed E-state index contributed by atoms with van der Waals surface area (Å²) >= 11 is 0. The average molecular weight is 471 g/mol. The van der Waals surface area contributed by atoms with Gasteiger partial charge in [0.15, 0.2) is 0 Å². The Morgan fingerprint density at radius 2 is 1.71 bits per heavy atom. The van der Waals surface area contributed by atoms with Crippen LogP contribution >= 0.6 is 0 Å². The summed E-state index contributed by atoms with van der Waals surface area (Å²) in [5.74, 6) is -0.0949. The number of hydrogen-bond acceptors (Lipinski definition) is 5. The molecule has 0 radical (unpaired) electrons. The van der Waals surface area contributed by atoms with E-state index < -0.39 is 5.97 Å². The van der Waals surface area contributed by atoms with Crippen LogP contribution in [0.1, 0.15) is 21.7 Å². The van der Waals surface area contributed by atoms with Gasteiger partial charge in [0.05, 0.1) is 23.2 Å². The van der Waals surface area contributed by atoms with Gasteiger partial charge >= 0.3 is 5.97 Å². The Balaban J connectivity index is 1.39. The summed E-state index contributed by atoms with van der Waals surface area (Å²) in [6.07, 6.45) is 0.635. The largest absolute Gasteiger partial charge is 0.478 e. The average Bonchev–Trinajstić information content (AvgIpc) is 3.26. The van der Waals surface area contributed by atoms with Crippen molar-refractivity contribution in [2.45, 2.75) is 13.0 Å². The minimum absolute atomic E-state index is 0.238. The number of fused-ring (bicyclic) bond motifs is 1. The molecule has 0 unspecified atom stereocenters. The van der Waals surface area contributed by atoms with Crippen molar-refractivity contribution in [2.24, 2.45) is 0 Å². The molecule has 1 N–H and O–H groups in total. The predicted molar refractivity (Wildman–Crippen MR) is 138 cm³/mol. The van der Waals surface area contributed by atoms with Gasteiger partial charge in [0.25, 0.3) is 0 Å². The molecule has 7 heteroatoms. The van der Waals surface area contributed by atoms with Crippen molar-refractivity contribution in [1.82, 2.24) is 14.5 Å². The molecule has 1 aliphatic rings. The van der Waals surface area contributed by atoms with E-state index in [0.717, 1.165) is 49.8 Å². The maximum atomic E-state index is 11.5. The topological polar surface area (TPSA) is 70.8 Å². The Morgan fingerprint density at radius 3 is 2.46 bits per heavy atom. The van der Waals surface area contributed by atoms with Gasteiger partial charge in [0, 0.05) is 57.6 Å². The highest BCUT2D eigenvalue weighted by molar-refractivity contribution is 5.93. The van der Waals surface area contributed by atoms with Crippen LogP contribution in [0.5, 0.6) is 0 Å². The molecule has 3 aromatic carbocycles. The fourth-order valence-electron chi connectivity index (χ4n) is 4.75. The number of piperazine rings is 1. The van der Waals surface area contributed by atoms with Crippen LogP contribution in [0.2, 0.25) is 0 Å². The predicted octanol–water partition coefficient (Wildman–Crippen LogP) is 4.23. The second-order valence-electron chi connectivity index (χ2n) is 8.88. The van der Waals surface area contributed by atoms with Crippen LogP contribution < -0.4 is 4.90 Å². The number of carboxylic acid groups (broad SMARTS) is 1. The molecule has 0 spiro atoms. The van der Waals surface area contributed by atoms with E-state index in [1.165, 1.54) is 11.3 Å². The summed E-state index contributed by atoms with van der Waals surface area (Å²) in [6.45, 7) is 5.50. The Hall–Kier alpha value is -3.68. The first-order valence-electron chi connectivity index (χ1n) is 12.0. The van der Waals surface area contributed by atoms with Crippen LogP contribution in [0.15, 0.2) is 72.8 Å². The first kappa shape index (κ1) is 23.1. The number of carbonyl (C=O) groups is 1. The van der Waals surface area contributed by atoms with Crippen molar-refractivity contribution in [1.29, 1.82) is 0 Å². The van der Waals surface area contributed by atoms with Gasteiger partial charge in [-0.2, -0.15) is 0 Å². The normalized spacial score (nSPS) is 14.5. The van der Waals surface area contributed by atoms with Crippen molar-refractivity contribution in [3.63, 3.8) is 0 Å². The lowest BCUT2D eigenvalue weighted by Gasteiger charge is -2.36. The second kappa shape index (κ2) is 10.3. The van der Waals surface area contributed by atoms with Crippen molar-refractivity contribution in [2.75, 3.05) is 44.8 Å². The second-order valence-corrected chi connectivity index (χ2v) is 8.88. The van der Waals surface area contributed by atoms with Crippen LogP contribution in [0.4, 0.5) is 5.69 Å². The summed E-state index contributed by atoms with van der Waals surface area (Å²) < 4.78 is 7.43. The van der Waals surface area contributed by atoms with Crippen LogP contribution in [-0.4, -0.2) is 65.4 Å². The number of hydrogen-bond donors (Lipinski definition) is 1. The molecule has 7 nitrogen and oxygen atoms in total. The molecule has 180 valence electrons. The molecule has 1 fully saturated rings. The molecule has 1 aromatic heterocycles. The SMILES string of the molecule is COCCc1nc2cc(C(=O)O)ccc2n1-c1cccc(N2CCN(Cc3ccccc3)CC2)c1. The fraction of sp³-hybridized carbons (Fsp3) is 0.286. The van der Waals surface area contributed by atoms with E-state index in [4.69, 9.17) is 9.72 Å². The molecule has 0 saturated carbocycles. The first-order valence-corrected chi connectivity index (χ1v) is 12.0. The molecule has 4 aromatic rings. The zero-order chi connectivity index (χ0) is 24.2. The Labute approximate surface area is 205 Å². The highest BCUT2D eigenvalue weighted by Gasteiger charge is 2.19. The third-order valence-corrected chi connectivity index (χ3v) is 6.58. The highest BCUT2D eigenvalue weighted by atomic mass is 16.5. The molecular formula is C28H30N4O3. The van der Waals surface area contributed by atoms with Crippen LogP contribution in [0, 0.1) is 0 Å². The Bertz CT molecular complexity index is 1310. The molecule has 1 aliphatic heterocycles. The van der Waals surface area contributed by atoms with Gasteiger partial charge < -0.3 is 14.7 Å². The first-order chi connectivity index (χ1) is 17.1. The summed E-state index contributed by atoms with van der Waals surface area (Å²) in [4.78, 5) is 21.2. The van der Waals surface area contributed by atoms with E-state index >= 15 is 0 Å². The zero-order valence-electron chi connectivity index (χ0n) is 19.9. The quantitative estimate of drug-likeness (QED) is 0.416. The Morgan fingerprint density at radius 1 is 0.943 bits per heavy atom. The third kappa shape index (κ3) is 5.06. The number of aromatic carboxylic acids is 1. The van der Waals surface area contributed by atoms with Crippen molar-refractivity contribution in [3.05, 3.63) is 89.7 Å². The molecule has 1 saturated heterocycles. The van der Waals surface area contributed by atoms with E-state index in [-0.39, 0.29) is 5.56 Å². The lowest BCUT2D eigenvalue weighted by molar-refractivity contribution is 0.0697. The smallest absolute Gasteiger partial charge is 0.335 e. The van der Waals surface area contributed by atoms with Crippen molar-refractivity contribution >= 4 is 22.7 Å². The summed E-state index contributed by atoms with van der Waals surface area (Å²) in [6, 6.07) is 24.3. The molecule has 0 amide bonds. The van der Waals surface area contributed by atoms with Crippen LogP contribution in [-0.2, 0) is 17.7 Å². The van der Waals surface area contributed by atoms with Crippen molar-refractivity contribution < 1.29 is 14.6 Å². The van der Waals surface area contributed by atoms with Gasteiger partial charge in [-0.25, -0.2) is 9.78 Å². The maximum Gasteiger partial charge on any atom is 0.335 e. The highest BCUT2D eigenvalue weighted by Crippen LogP contribution is 2.27. The lowest BCUT2D eigenvalue weighted by atomic mass is 10.1. The van der Waals surface area contributed by atoms with Gasteiger partial charge in [-0.05, 0) is 42.0 Å². The number of nitrogens with zero attached hydrogens (tertiary/aromatic N) is 4. The van der Waals surface area contributed by atoms with Crippen LogP contribution in [0.25, 0.3) is 16.7 Å². The van der Waals surface area contributed by atoms with E-state index in [1.54, 1.807) is 19.2 Å². The number of ether oxygens (including phenoxy) is 1. The van der Waals surface area contributed by atoms with E-state index in [1.807, 2.05) is 6.07 Å². The third-order valence-electron chi connectivity index (χ3n) is 6.58. The van der Waals surface area contributed by atoms with E-state index in [2.05, 4.69) is 69.0 Å². The summed E-state index contributed by atoms with van der Waals surface area (Å²) in [5, 5.41) is 9.40.